The summed E-state index contributed by atoms with van der Waals surface area (Å²) in [5.41, 5.74) is 0.919. The number of rotatable bonds is 14. The average molecular weight is 550 g/mol. The molecule has 0 heterocycles. The Labute approximate surface area is 225 Å². The summed E-state index contributed by atoms with van der Waals surface area (Å²) < 4.78 is 42.7. The van der Waals surface area contributed by atoms with Gasteiger partial charge in [-0.05, 0) is 49.6 Å². The molecule has 0 bridgehead atoms. The molecule has 1 N–H and O–H groups in total. The Hall–Kier alpha value is -3.47. The van der Waals surface area contributed by atoms with Crippen LogP contribution >= 0.6 is 0 Å². The van der Waals surface area contributed by atoms with Gasteiger partial charge in [0.05, 0.1) is 33.3 Å². The number of hydrogen-bond acceptors (Lipinski definition) is 7. The molecule has 2 aromatic carbocycles. The zero-order valence-corrected chi connectivity index (χ0v) is 24.0. The molecule has 2 amide bonds. The predicted molar refractivity (Wildman–Crippen MR) is 147 cm³/mol. The molecule has 0 aliphatic carbocycles. The molecule has 0 aliphatic heterocycles. The van der Waals surface area contributed by atoms with Crippen LogP contribution < -0.4 is 23.8 Å². The van der Waals surface area contributed by atoms with Gasteiger partial charge in [0.25, 0.3) is 0 Å². The topological polar surface area (TPSA) is 114 Å². The first-order chi connectivity index (χ1) is 18.0. The van der Waals surface area contributed by atoms with Crippen LogP contribution in [0.2, 0.25) is 0 Å². The fraction of sp³-hybridized carbons (Fsp3) is 0.481. The monoisotopic (exact) mass is 549 g/mol. The van der Waals surface area contributed by atoms with Crippen molar-refractivity contribution in [2.45, 2.75) is 52.2 Å². The standard InChI is InChI=1S/C27H39N3O7S/c1-8-19(3)28-27(32)23(9-2)29(17-20-11-10-12-21(15-20)35-4)26(31)18-30(38(7,33)34)24-14-13-22(36-5)16-25(24)37-6/h10-16,19,23H,8-9,17-18H2,1-7H3,(H,28,32)/t19-,23+/m0/s1. The van der Waals surface area contributed by atoms with Crippen LogP contribution in [0, 0.1) is 0 Å². The highest BCUT2D eigenvalue weighted by Crippen LogP contribution is 2.33. The molecule has 0 radical (unpaired) electrons. The summed E-state index contributed by atoms with van der Waals surface area (Å²) in [6.07, 6.45) is 2.08. The van der Waals surface area contributed by atoms with Gasteiger partial charge in [0, 0.05) is 18.7 Å². The molecule has 0 saturated carbocycles. The number of methoxy groups -OCH3 is 3. The van der Waals surface area contributed by atoms with E-state index < -0.39 is 28.5 Å². The van der Waals surface area contributed by atoms with Gasteiger partial charge in [-0.3, -0.25) is 13.9 Å². The molecule has 0 spiro atoms. The predicted octanol–water partition coefficient (Wildman–Crippen LogP) is 3.20. The van der Waals surface area contributed by atoms with Gasteiger partial charge in [0.1, 0.15) is 29.8 Å². The molecule has 0 saturated heterocycles. The van der Waals surface area contributed by atoms with E-state index in [1.807, 2.05) is 26.8 Å². The number of anilines is 1. The van der Waals surface area contributed by atoms with Gasteiger partial charge in [-0.1, -0.05) is 26.0 Å². The third kappa shape index (κ3) is 8.01. The van der Waals surface area contributed by atoms with E-state index >= 15 is 0 Å². The summed E-state index contributed by atoms with van der Waals surface area (Å²) in [4.78, 5) is 28.5. The molecule has 0 aliphatic rings. The molecular formula is C27H39N3O7S. The number of nitrogens with zero attached hydrogens (tertiary/aromatic N) is 2. The normalized spacial score (nSPS) is 12.7. The molecule has 2 atom stereocenters. The van der Waals surface area contributed by atoms with Crippen LogP contribution in [-0.4, -0.2) is 71.3 Å². The highest BCUT2D eigenvalue weighted by molar-refractivity contribution is 7.92. The van der Waals surface area contributed by atoms with Crippen molar-refractivity contribution in [1.29, 1.82) is 0 Å². The van der Waals surface area contributed by atoms with Gasteiger partial charge in [-0.2, -0.15) is 0 Å². The second-order valence-corrected chi connectivity index (χ2v) is 10.8. The first kappa shape index (κ1) is 30.8. The molecule has 2 rings (SSSR count). The van der Waals surface area contributed by atoms with E-state index in [1.54, 1.807) is 37.4 Å². The fourth-order valence-electron chi connectivity index (χ4n) is 3.91. The van der Waals surface area contributed by atoms with Crippen LogP contribution in [0.15, 0.2) is 42.5 Å². The molecule has 0 fully saturated rings. The van der Waals surface area contributed by atoms with Gasteiger partial charge in [-0.25, -0.2) is 8.42 Å². The van der Waals surface area contributed by atoms with Crippen LogP contribution in [0.1, 0.15) is 39.2 Å². The van der Waals surface area contributed by atoms with Crippen molar-refractivity contribution < 1.29 is 32.2 Å². The minimum absolute atomic E-state index is 0.0820. The minimum atomic E-state index is -3.91. The zero-order chi connectivity index (χ0) is 28.5. The van der Waals surface area contributed by atoms with Crippen LogP contribution in [0.4, 0.5) is 5.69 Å². The number of hydrogen-bond donors (Lipinski definition) is 1. The number of benzene rings is 2. The lowest BCUT2D eigenvalue weighted by Crippen LogP contribution is -2.53. The second-order valence-electron chi connectivity index (χ2n) is 8.92. The van der Waals surface area contributed by atoms with E-state index in [-0.39, 0.29) is 29.9 Å². The van der Waals surface area contributed by atoms with E-state index in [0.29, 0.717) is 17.9 Å². The maximum atomic E-state index is 13.9. The van der Waals surface area contributed by atoms with Gasteiger partial charge in [0.2, 0.25) is 21.8 Å². The van der Waals surface area contributed by atoms with E-state index in [0.717, 1.165) is 22.5 Å². The van der Waals surface area contributed by atoms with Crippen LogP contribution in [0.3, 0.4) is 0 Å². The second kappa shape index (κ2) is 13.9. The largest absolute Gasteiger partial charge is 0.497 e. The van der Waals surface area contributed by atoms with Crippen molar-refractivity contribution in [2.75, 3.05) is 38.4 Å². The summed E-state index contributed by atoms with van der Waals surface area (Å²) >= 11 is 0. The first-order valence-electron chi connectivity index (χ1n) is 12.4. The third-order valence-electron chi connectivity index (χ3n) is 6.21. The number of sulfonamides is 1. The summed E-state index contributed by atoms with van der Waals surface area (Å²) in [6.45, 7) is 5.21. The van der Waals surface area contributed by atoms with Gasteiger partial charge in [0.15, 0.2) is 0 Å². The maximum absolute atomic E-state index is 13.9. The Bertz CT molecular complexity index is 1200. The Morgan fingerprint density at radius 3 is 2.16 bits per heavy atom. The molecule has 2 aromatic rings. The van der Waals surface area contributed by atoms with Gasteiger partial charge < -0.3 is 24.4 Å². The summed E-state index contributed by atoms with van der Waals surface area (Å²) in [7, 11) is 0.520. The Balaban J connectivity index is 2.52. The number of carbonyl (C=O) groups excluding carboxylic acids is 2. The summed E-state index contributed by atoms with van der Waals surface area (Å²) in [5, 5.41) is 2.95. The van der Waals surface area contributed by atoms with Crippen molar-refractivity contribution >= 4 is 27.5 Å². The van der Waals surface area contributed by atoms with E-state index in [2.05, 4.69) is 5.32 Å². The fourth-order valence-corrected chi connectivity index (χ4v) is 4.77. The zero-order valence-electron chi connectivity index (χ0n) is 23.2. The highest BCUT2D eigenvalue weighted by atomic mass is 32.2. The molecule has 11 heteroatoms. The Kier molecular flexibility index (Phi) is 11.2. The lowest BCUT2D eigenvalue weighted by atomic mass is 10.1. The maximum Gasteiger partial charge on any atom is 0.244 e. The molecule has 0 aromatic heterocycles. The first-order valence-corrected chi connectivity index (χ1v) is 14.3. The molecule has 38 heavy (non-hydrogen) atoms. The van der Waals surface area contributed by atoms with Crippen molar-refractivity contribution in [3.8, 4) is 17.2 Å². The smallest absolute Gasteiger partial charge is 0.244 e. The number of carbonyl (C=O) groups is 2. The Morgan fingerprint density at radius 1 is 0.947 bits per heavy atom. The number of amides is 2. The van der Waals surface area contributed by atoms with E-state index in [4.69, 9.17) is 14.2 Å². The van der Waals surface area contributed by atoms with Crippen LogP contribution in [0.25, 0.3) is 0 Å². The summed E-state index contributed by atoms with van der Waals surface area (Å²) in [6, 6.07) is 10.9. The van der Waals surface area contributed by atoms with Crippen molar-refractivity contribution in [3.05, 3.63) is 48.0 Å². The lowest BCUT2D eigenvalue weighted by Gasteiger charge is -2.33. The van der Waals surface area contributed by atoms with E-state index in [1.165, 1.54) is 25.2 Å². The SMILES string of the molecule is CC[C@H](C(=O)N[C@@H](C)CC)N(Cc1cccc(OC)c1)C(=O)CN(c1ccc(OC)cc1OC)S(C)(=O)=O. The molecule has 0 unspecified atom stereocenters. The number of ether oxygens (including phenoxy) is 3. The number of nitrogens with one attached hydrogen (secondary N) is 1. The van der Waals surface area contributed by atoms with Crippen molar-refractivity contribution in [1.82, 2.24) is 10.2 Å². The lowest BCUT2D eigenvalue weighted by molar-refractivity contribution is -0.140. The molecule has 210 valence electrons. The average Bonchev–Trinajstić information content (AvgIpc) is 2.90. The quantitative estimate of drug-likeness (QED) is 0.385. The van der Waals surface area contributed by atoms with Crippen LogP contribution in [-0.2, 0) is 26.2 Å². The van der Waals surface area contributed by atoms with Crippen molar-refractivity contribution in [2.24, 2.45) is 0 Å². The van der Waals surface area contributed by atoms with E-state index in [9.17, 15) is 18.0 Å². The van der Waals surface area contributed by atoms with Gasteiger partial charge >= 0.3 is 0 Å². The highest BCUT2D eigenvalue weighted by Gasteiger charge is 2.33. The van der Waals surface area contributed by atoms with Gasteiger partial charge in [-0.15, -0.1) is 0 Å². The summed E-state index contributed by atoms with van der Waals surface area (Å²) in [5.74, 6) is 0.460. The molecule has 10 nitrogen and oxygen atoms in total. The molecular weight excluding hydrogens is 510 g/mol. The Morgan fingerprint density at radius 2 is 1.61 bits per heavy atom. The van der Waals surface area contributed by atoms with Crippen LogP contribution in [0.5, 0.6) is 17.2 Å². The minimum Gasteiger partial charge on any atom is -0.497 e. The van der Waals surface area contributed by atoms with Crippen molar-refractivity contribution in [3.63, 3.8) is 0 Å². The third-order valence-corrected chi connectivity index (χ3v) is 7.34.